The lowest BCUT2D eigenvalue weighted by molar-refractivity contribution is -0.126. The van der Waals surface area contributed by atoms with Crippen LogP contribution in [0.5, 0.6) is 0 Å². The number of carbonyl (C=O) groups is 1. The maximum atomic E-state index is 11.9. The Balaban J connectivity index is 2.12. The van der Waals surface area contributed by atoms with E-state index in [1.54, 1.807) is 0 Å². The molecule has 0 spiro atoms. The molecule has 1 N–H and O–H groups in total. The van der Waals surface area contributed by atoms with E-state index in [9.17, 15) is 4.79 Å². The Morgan fingerprint density at radius 2 is 2.00 bits per heavy atom. The van der Waals surface area contributed by atoms with Crippen molar-refractivity contribution < 1.29 is 9.53 Å². The lowest BCUT2D eigenvalue weighted by Gasteiger charge is -2.33. The lowest BCUT2D eigenvalue weighted by atomic mass is 9.95. The van der Waals surface area contributed by atoms with Crippen molar-refractivity contribution in [1.29, 1.82) is 0 Å². The summed E-state index contributed by atoms with van der Waals surface area (Å²) >= 11 is 0. The van der Waals surface area contributed by atoms with Crippen LogP contribution in [-0.2, 0) is 9.53 Å². The fourth-order valence-corrected chi connectivity index (χ4v) is 2.32. The van der Waals surface area contributed by atoms with E-state index in [-0.39, 0.29) is 11.8 Å². The Hall–Kier alpha value is -0.610. The zero-order valence-corrected chi connectivity index (χ0v) is 12.1. The van der Waals surface area contributed by atoms with E-state index in [2.05, 4.69) is 31.0 Å². The number of likely N-dealkylation sites (tertiary alicyclic amines) is 1. The number of hydrogen-bond acceptors (Lipinski definition) is 3. The van der Waals surface area contributed by atoms with Crippen molar-refractivity contribution in [3.8, 4) is 0 Å². The molecule has 4 heteroatoms. The number of hydrogen-bond donors (Lipinski definition) is 1. The highest BCUT2D eigenvalue weighted by molar-refractivity contribution is 5.78. The summed E-state index contributed by atoms with van der Waals surface area (Å²) in [6.45, 7) is 10.7. The summed E-state index contributed by atoms with van der Waals surface area (Å²) in [4.78, 5) is 14.4. The summed E-state index contributed by atoms with van der Waals surface area (Å²) in [7, 11) is 0. The van der Waals surface area contributed by atoms with Gasteiger partial charge in [-0.25, -0.2) is 0 Å². The van der Waals surface area contributed by atoms with E-state index in [1.165, 1.54) is 0 Å². The van der Waals surface area contributed by atoms with Crippen LogP contribution in [0.25, 0.3) is 0 Å². The molecule has 0 aromatic carbocycles. The quantitative estimate of drug-likeness (QED) is 0.704. The highest BCUT2D eigenvalue weighted by atomic mass is 16.5. The first-order chi connectivity index (χ1) is 8.65. The van der Waals surface area contributed by atoms with Gasteiger partial charge < -0.3 is 15.0 Å². The molecular weight excluding hydrogens is 228 g/mol. The van der Waals surface area contributed by atoms with Gasteiger partial charge in [-0.15, -0.1) is 0 Å². The molecule has 106 valence electrons. The minimum atomic E-state index is 0.200. The average molecular weight is 256 g/mol. The minimum absolute atomic E-state index is 0.200. The first kappa shape index (κ1) is 15.4. The Labute approximate surface area is 111 Å². The van der Waals surface area contributed by atoms with E-state index in [1.807, 2.05) is 0 Å². The fraction of sp³-hybridized carbons (Fsp3) is 0.929. The molecule has 1 aliphatic heterocycles. The number of ether oxygens (including phenoxy) is 1. The smallest absolute Gasteiger partial charge is 0.223 e. The third-order valence-electron chi connectivity index (χ3n) is 3.52. The first-order valence-corrected chi connectivity index (χ1v) is 7.24. The summed E-state index contributed by atoms with van der Waals surface area (Å²) in [6.07, 6.45) is 3.00. The Morgan fingerprint density at radius 3 is 2.56 bits per heavy atom. The molecule has 0 unspecified atom stereocenters. The zero-order chi connectivity index (χ0) is 13.4. The van der Waals surface area contributed by atoms with Gasteiger partial charge in [-0.05, 0) is 46.2 Å². The van der Waals surface area contributed by atoms with Crippen LogP contribution < -0.4 is 5.32 Å². The number of rotatable bonds is 7. The van der Waals surface area contributed by atoms with Crippen molar-refractivity contribution >= 4 is 5.91 Å². The third kappa shape index (κ3) is 5.36. The van der Waals surface area contributed by atoms with Crippen molar-refractivity contribution in [3.63, 3.8) is 0 Å². The van der Waals surface area contributed by atoms with Gasteiger partial charge in [0.2, 0.25) is 5.91 Å². The van der Waals surface area contributed by atoms with Crippen LogP contribution >= 0.6 is 0 Å². The van der Waals surface area contributed by atoms with E-state index in [0.29, 0.717) is 19.2 Å². The number of carbonyl (C=O) groups excluding carboxylic acids is 1. The van der Waals surface area contributed by atoms with Crippen LogP contribution in [0.2, 0.25) is 0 Å². The summed E-state index contributed by atoms with van der Waals surface area (Å²) in [5.41, 5.74) is 0. The topological polar surface area (TPSA) is 41.6 Å². The molecule has 1 heterocycles. The first-order valence-electron chi connectivity index (χ1n) is 7.24. The van der Waals surface area contributed by atoms with Gasteiger partial charge in [-0.2, -0.15) is 0 Å². The molecule has 1 amide bonds. The number of piperidine rings is 1. The van der Waals surface area contributed by atoms with E-state index in [0.717, 1.165) is 39.0 Å². The van der Waals surface area contributed by atoms with Gasteiger partial charge in [-0.3, -0.25) is 4.79 Å². The molecule has 0 saturated carbocycles. The number of amides is 1. The maximum Gasteiger partial charge on any atom is 0.223 e. The lowest BCUT2D eigenvalue weighted by Crippen LogP contribution is -2.43. The molecule has 18 heavy (non-hydrogen) atoms. The normalized spacial score (nSPS) is 18.2. The fourth-order valence-electron chi connectivity index (χ4n) is 2.32. The largest absolute Gasteiger partial charge is 0.380 e. The molecule has 0 aliphatic carbocycles. The number of nitrogens with zero attached hydrogens (tertiary/aromatic N) is 1. The van der Waals surface area contributed by atoms with Crippen LogP contribution in [0.3, 0.4) is 0 Å². The Kier molecular flexibility index (Phi) is 7.28. The maximum absolute atomic E-state index is 11.9. The van der Waals surface area contributed by atoms with E-state index in [4.69, 9.17) is 4.74 Å². The highest BCUT2D eigenvalue weighted by Crippen LogP contribution is 2.18. The summed E-state index contributed by atoms with van der Waals surface area (Å²) < 4.78 is 5.35. The SMILES string of the molecule is CCCOCCNC(=O)C1CCN(C(C)C)CC1. The Morgan fingerprint density at radius 1 is 1.33 bits per heavy atom. The van der Waals surface area contributed by atoms with Gasteiger partial charge >= 0.3 is 0 Å². The van der Waals surface area contributed by atoms with Gasteiger partial charge in [0.05, 0.1) is 6.61 Å². The standard InChI is InChI=1S/C14H28N2O2/c1-4-10-18-11-7-15-14(17)13-5-8-16(9-6-13)12(2)3/h12-13H,4-11H2,1-3H3,(H,15,17). The van der Waals surface area contributed by atoms with Crippen LogP contribution in [0.15, 0.2) is 0 Å². The molecule has 0 aromatic rings. The summed E-state index contributed by atoms with van der Waals surface area (Å²) in [6, 6.07) is 0.594. The van der Waals surface area contributed by atoms with Crippen molar-refractivity contribution in [3.05, 3.63) is 0 Å². The van der Waals surface area contributed by atoms with Crippen molar-refractivity contribution in [2.75, 3.05) is 32.8 Å². The molecule has 1 rings (SSSR count). The van der Waals surface area contributed by atoms with Crippen LogP contribution in [-0.4, -0.2) is 49.7 Å². The van der Waals surface area contributed by atoms with E-state index >= 15 is 0 Å². The summed E-state index contributed by atoms with van der Waals surface area (Å²) in [5.74, 6) is 0.407. The highest BCUT2D eigenvalue weighted by Gasteiger charge is 2.25. The zero-order valence-electron chi connectivity index (χ0n) is 12.1. The second kappa shape index (κ2) is 8.48. The second-order valence-corrected chi connectivity index (χ2v) is 5.31. The molecule has 0 radical (unpaired) electrons. The number of nitrogens with one attached hydrogen (secondary N) is 1. The van der Waals surface area contributed by atoms with Crippen LogP contribution in [0.4, 0.5) is 0 Å². The molecule has 1 saturated heterocycles. The molecule has 1 fully saturated rings. The van der Waals surface area contributed by atoms with Gasteiger partial charge in [0.1, 0.15) is 0 Å². The predicted molar refractivity (Wildman–Crippen MR) is 73.6 cm³/mol. The van der Waals surface area contributed by atoms with Crippen molar-refractivity contribution in [1.82, 2.24) is 10.2 Å². The molecule has 1 aliphatic rings. The van der Waals surface area contributed by atoms with Crippen LogP contribution in [0, 0.1) is 5.92 Å². The van der Waals surface area contributed by atoms with Gasteiger partial charge in [0, 0.05) is 25.1 Å². The third-order valence-corrected chi connectivity index (χ3v) is 3.52. The molecular formula is C14H28N2O2. The molecule has 4 nitrogen and oxygen atoms in total. The van der Waals surface area contributed by atoms with Crippen molar-refractivity contribution in [2.45, 2.75) is 46.1 Å². The molecule has 0 atom stereocenters. The molecule has 0 bridgehead atoms. The van der Waals surface area contributed by atoms with Crippen LogP contribution in [0.1, 0.15) is 40.0 Å². The van der Waals surface area contributed by atoms with Gasteiger partial charge in [0.15, 0.2) is 0 Å². The van der Waals surface area contributed by atoms with Gasteiger partial charge in [-0.1, -0.05) is 6.92 Å². The van der Waals surface area contributed by atoms with Gasteiger partial charge in [0.25, 0.3) is 0 Å². The molecule has 0 aromatic heterocycles. The minimum Gasteiger partial charge on any atom is -0.380 e. The monoisotopic (exact) mass is 256 g/mol. The summed E-state index contributed by atoms with van der Waals surface area (Å²) in [5, 5.41) is 2.97. The average Bonchev–Trinajstić information content (AvgIpc) is 2.38. The Bertz CT molecular complexity index is 236. The second-order valence-electron chi connectivity index (χ2n) is 5.31. The predicted octanol–water partition coefficient (Wildman–Crippen LogP) is 1.65. The van der Waals surface area contributed by atoms with Crippen molar-refractivity contribution in [2.24, 2.45) is 5.92 Å². The van der Waals surface area contributed by atoms with E-state index < -0.39 is 0 Å².